The predicted octanol–water partition coefficient (Wildman–Crippen LogP) is 3.22. The Morgan fingerprint density at radius 2 is 2.06 bits per heavy atom. The Labute approximate surface area is 98.3 Å². The average Bonchev–Trinajstić information content (AvgIpc) is 2.73. The summed E-state index contributed by atoms with van der Waals surface area (Å²) in [5.74, 6) is -0.210. The average molecular weight is 226 g/mol. The minimum atomic E-state index is -0.210. The molecule has 0 aliphatic carbocycles. The smallest absolute Gasteiger partial charge is 0.125 e. The van der Waals surface area contributed by atoms with Crippen molar-refractivity contribution in [2.75, 3.05) is 0 Å². The van der Waals surface area contributed by atoms with E-state index < -0.39 is 0 Å². The zero-order chi connectivity index (χ0) is 11.7. The molecule has 0 saturated carbocycles. The number of hydrogen-bond acceptors (Lipinski definition) is 1. The number of benzene rings is 1. The molecular formula is C14H11FN2. The van der Waals surface area contributed by atoms with Crippen LogP contribution in [0.2, 0.25) is 0 Å². The number of nitrogens with zero attached hydrogens (tertiary/aromatic N) is 2. The van der Waals surface area contributed by atoms with Gasteiger partial charge >= 0.3 is 0 Å². The lowest BCUT2D eigenvalue weighted by atomic mass is 10.2. The van der Waals surface area contributed by atoms with Crippen molar-refractivity contribution in [1.29, 1.82) is 0 Å². The van der Waals surface area contributed by atoms with E-state index in [1.165, 1.54) is 6.07 Å². The van der Waals surface area contributed by atoms with Gasteiger partial charge in [0.05, 0.1) is 17.8 Å². The van der Waals surface area contributed by atoms with Crippen molar-refractivity contribution in [1.82, 2.24) is 9.55 Å². The fourth-order valence-electron chi connectivity index (χ4n) is 1.96. The molecule has 0 atom stereocenters. The van der Waals surface area contributed by atoms with Gasteiger partial charge in [-0.1, -0.05) is 6.07 Å². The molecule has 0 radical (unpaired) electrons. The van der Waals surface area contributed by atoms with Crippen molar-refractivity contribution >= 4 is 10.9 Å². The monoisotopic (exact) mass is 226 g/mol. The molecule has 3 rings (SSSR count). The summed E-state index contributed by atoms with van der Waals surface area (Å²) in [6, 6.07) is 12.6. The molecule has 0 aliphatic heterocycles. The molecule has 0 aliphatic rings. The first-order chi connectivity index (χ1) is 8.33. The number of aromatic nitrogens is 2. The topological polar surface area (TPSA) is 17.8 Å². The molecule has 84 valence electrons. The van der Waals surface area contributed by atoms with Crippen molar-refractivity contribution in [3.8, 4) is 0 Å². The maximum absolute atomic E-state index is 13.2. The van der Waals surface area contributed by atoms with Gasteiger partial charge in [-0.2, -0.15) is 0 Å². The Hall–Kier alpha value is -2.16. The summed E-state index contributed by atoms with van der Waals surface area (Å²) in [5, 5.41) is 1.04. The summed E-state index contributed by atoms with van der Waals surface area (Å²) in [5.41, 5.74) is 1.87. The highest BCUT2D eigenvalue weighted by Gasteiger charge is 2.03. The molecule has 2 aromatic heterocycles. The first kappa shape index (κ1) is 10.0. The molecule has 0 unspecified atom stereocenters. The van der Waals surface area contributed by atoms with Gasteiger partial charge in [-0.3, -0.25) is 4.98 Å². The molecule has 0 saturated heterocycles. The number of fused-ring (bicyclic) bond motifs is 1. The molecular weight excluding hydrogens is 215 g/mol. The summed E-state index contributed by atoms with van der Waals surface area (Å²) in [4.78, 5) is 4.27. The van der Waals surface area contributed by atoms with Crippen LogP contribution in [-0.2, 0) is 6.54 Å². The van der Waals surface area contributed by atoms with E-state index in [2.05, 4.69) is 4.98 Å². The zero-order valence-electron chi connectivity index (χ0n) is 9.18. The number of pyridine rings is 1. The lowest BCUT2D eigenvalue weighted by Gasteiger charge is -2.04. The van der Waals surface area contributed by atoms with Gasteiger partial charge in [-0.25, -0.2) is 4.39 Å². The van der Waals surface area contributed by atoms with E-state index in [-0.39, 0.29) is 5.82 Å². The fourth-order valence-corrected chi connectivity index (χ4v) is 1.96. The van der Waals surface area contributed by atoms with E-state index in [4.69, 9.17) is 0 Å². The van der Waals surface area contributed by atoms with Crippen LogP contribution in [0.5, 0.6) is 0 Å². The van der Waals surface area contributed by atoms with E-state index in [0.717, 1.165) is 16.6 Å². The second kappa shape index (κ2) is 4.01. The number of halogens is 1. The molecule has 0 amide bonds. The molecule has 0 spiro atoms. The number of hydrogen-bond donors (Lipinski definition) is 0. The summed E-state index contributed by atoms with van der Waals surface area (Å²) < 4.78 is 15.2. The zero-order valence-corrected chi connectivity index (χ0v) is 9.18. The van der Waals surface area contributed by atoms with Crippen molar-refractivity contribution in [3.63, 3.8) is 0 Å². The standard InChI is InChI=1S/C14H11FN2/c15-12-5-4-11-6-8-17(14(11)9-12)10-13-3-1-2-7-16-13/h1-9H,10H2. The predicted molar refractivity (Wildman–Crippen MR) is 65.2 cm³/mol. The highest BCUT2D eigenvalue weighted by atomic mass is 19.1. The van der Waals surface area contributed by atoms with Crippen LogP contribution in [0, 0.1) is 5.82 Å². The Morgan fingerprint density at radius 1 is 1.12 bits per heavy atom. The maximum Gasteiger partial charge on any atom is 0.125 e. The Kier molecular flexibility index (Phi) is 2.37. The van der Waals surface area contributed by atoms with E-state index in [9.17, 15) is 4.39 Å². The van der Waals surface area contributed by atoms with Gasteiger partial charge < -0.3 is 4.57 Å². The van der Waals surface area contributed by atoms with Crippen LogP contribution < -0.4 is 0 Å². The van der Waals surface area contributed by atoms with Crippen LogP contribution in [0.3, 0.4) is 0 Å². The normalized spacial score (nSPS) is 10.9. The van der Waals surface area contributed by atoms with Crippen LogP contribution in [0.1, 0.15) is 5.69 Å². The summed E-state index contributed by atoms with van der Waals surface area (Å²) >= 11 is 0. The first-order valence-corrected chi connectivity index (χ1v) is 5.47. The minimum absolute atomic E-state index is 0.210. The summed E-state index contributed by atoms with van der Waals surface area (Å²) in [6.07, 6.45) is 3.72. The third-order valence-corrected chi connectivity index (χ3v) is 2.79. The van der Waals surface area contributed by atoms with E-state index in [1.807, 2.05) is 35.0 Å². The molecule has 0 bridgehead atoms. The van der Waals surface area contributed by atoms with Gasteiger partial charge in [0.1, 0.15) is 5.82 Å². The van der Waals surface area contributed by atoms with Crippen molar-refractivity contribution in [2.24, 2.45) is 0 Å². The van der Waals surface area contributed by atoms with Gasteiger partial charge in [-0.15, -0.1) is 0 Å². The van der Waals surface area contributed by atoms with Crippen molar-refractivity contribution in [3.05, 3.63) is 66.4 Å². The Bertz CT molecular complexity index is 644. The van der Waals surface area contributed by atoms with Crippen molar-refractivity contribution < 1.29 is 4.39 Å². The van der Waals surface area contributed by atoms with Gasteiger partial charge in [0, 0.05) is 12.4 Å². The third-order valence-electron chi connectivity index (χ3n) is 2.79. The molecule has 0 fully saturated rings. The molecule has 17 heavy (non-hydrogen) atoms. The lowest BCUT2D eigenvalue weighted by Crippen LogP contribution is -1.99. The first-order valence-electron chi connectivity index (χ1n) is 5.47. The van der Waals surface area contributed by atoms with Crippen LogP contribution in [0.15, 0.2) is 54.9 Å². The Balaban J connectivity index is 2.03. The van der Waals surface area contributed by atoms with E-state index >= 15 is 0 Å². The van der Waals surface area contributed by atoms with Crippen LogP contribution in [0.25, 0.3) is 10.9 Å². The number of rotatable bonds is 2. The van der Waals surface area contributed by atoms with Crippen LogP contribution in [-0.4, -0.2) is 9.55 Å². The summed E-state index contributed by atoms with van der Waals surface area (Å²) in [6.45, 7) is 0.661. The molecule has 2 nitrogen and oxygen atoms in total. The molecule has 3 heteroatoms. The van der Waals surface area contributed by atoms with Gasteiger partial charge in [0.2, 0.25) is 0 Å². The highest BCUT2D eigenvalue weighted by molar-refractivity contribution is 5.80. The maximum atomic E-state index is 13.2. The third kappa shape index (κ3) is 1.91. The SMILES string of the molecule is Fc1ccc2ccn(Cc3ccccn3)c2c1. The molecule has 1 aromatic carbocycles. The largest absolute Gasteiger partial charge is 0.341 e. The highest BCUT2D eigenvalue weighted by Crippen LogP contribution is 2.17. The minimum Gasteiger partial charge on any atom is -0.341 e. The van der Waals surface area contributed by atoms with E-state index in [0.29, 0.717) is 6.54 Å². The van der Waals surface area contributed by atoms with Crippen LogP contribution >= 0.6 is 0 Å². The van der Waals surface area contributed by atoms with Gasteiger partial charge in [-0.05, 0) is 41.8 Å². The molecule has 0 N–H and O–H groups in total. The molecule has 3 aromatic rings. The quantitative estimate of drug-likeness (QED) is 0.656. The van der Waals surface area contributed by atoms with Crippen LogP contribution in [0.4, 0.5) is 4.39 Å². The second-order valence-electron chi connectivity index (χ2n) is 3.97. The van der Waals surface area contributed by atoms with Gasteiger partial charge in [0.25, 0.3) is 0 Å². The lowest BCUT2D eigenvalue weighted by molar-refractivity contribution is 0.628. The van der Waals surface area contributed by atoms with Gasteiger partial charge in [0.15, 0.2) is 0 Å². The fraction of sp³-hybridized carbons (Fsp3) is 0.0714. The summed E-state index contributed by atoms with van der Waals surface area (Å²) in [7, 11) is 0. The second-order valence-corrected chi connectivity index (χ2v) is 3.97. The van der Waals surface area contributed by atoms with Crippen molar-refractivity contribution in [2.45, 2.75) is 6.54 Å². The Morgan fingerprint density at radius 3 is 2.88 bits per heavy atom. The van der Waals surface area contributed by atoms with E-state index in [1.54, 1.807) is 18.3 Å². The molecule has 2 heterocycles.